The second-order valence-electron chi connectivity index (χ2n) is 7.43. The van der Waals surface area contributed by atoms with Gasteiger partial charge in [0.2, 0.25) is 5.91 Å². The summed E-state index contributed by atoms with van der Waals surface area (Å²) in [5.74, 6) is 1.67. The van der Waals surface area contributed by atoms with Gasteiger partial charge in [-0.1, -0.05) is 26.0 Å². The molecular weight excluding hydrogens is 338 g/mol. The molecular formula is C20H30F2N2O2. The van der Waals surface area contributed by atoms with Gasteiger partial charge in [-0.05, 0) is 55.3 Å². The summed E-state index contributed by atoms with van der Waals surface area (Å²) in [6.07, 6.45) is 3.25. The van der Waals surface area contributed by atoms with Gasteiger partial charge in [0.25, 0.3) is 0 Å². The highest BCUT2D eigenvalue weighted by Crippen LogP contribution is 2.20. The maximum Gasteiger partial charge on any atom is 0.387 e. The van der Waals surface area contributed by atoms with Crippen LogP contribution in [0, 0.1) is 11.8 Å². The normalized spacial score (nSPS) is 21.0. The van der Waals surface area contributed by atoms with Crippen molar-refractivity contribution >= 4 is 5.91 Å². The molecule has 2 unspecified atom stereocenters. The fraction of sp³-hybridized carbons (Fsp3) is 0.650. The predicted octanol–water partition coefficient (Wildman–Crippen LogP) is 3.70. The van der Waals surface area contributed by atoms with Crippen LogP contribution in [0.5, 0.6) is 5.75 Å². The van der Waals surface area contributed by atoms with Crippen molar-refractivity contribution in [2.45, 2.75) is 46.1 Å². The minimum Gasteiger partial charge on any atom is -0.435 e. The van der Waals surface area contributed by atoms with Gasteiger partial charge in [-0.15, -0.1) is 0 Å². The Morgan fingerprint density at radius 2 is 1.88 bits per heavy atom. The molecule has 1 aliphatic rings. The Labute approximate surface area is 154 Å². The van der Waals surface area contributed by atoms with E-state index in [0.29, 0.717) is 19.4 Å². The van der Waals surface area contributed by atoms with Crippen LogP contribution in [0.4, 0.5) is 8.78 Å². The van der Waals surface area contributed by atoms with Crippen LogP contribution in [0.1, 0.15) is 38.7 Å². The summed E-state index contributed by atoms with van der Waals surface area (Å²) in [5, 5.41) is 2.96. The highest BCUT2D eigenvalue weighted by Gasteiger charge is 2.21. The number of benzene rings is 1. The van der Waals surface area contributed by atoms with E-state index in [0.717, 1.165) is 43.5 Å². The maximum atomic E-state index is 12.1. The average molecular weight is 368 g/mol. The molecule has 2 rings (SSSR count). The number of piperidine rings is 1. The number of halogens is 2. The van der Waals surface area contributed by atoms with E-state index < -0.39 is 6.61 Å². The first-order valence-corrected chi connectivity index (χ1v) is 9.45. The Morgan fingerprint density at radius 3 is 2.50 bits per heavy atom. The van der Waals surface area contributed by atoms with Gasteiger partial charge in [0.15, 0.2) is 0 Å². The molecule has 6 heteroatoms. The number of ether oxygens (including phenoxy) is 1. The zero-order valence-electron chi connectivity index (χ0n) is 15.7. The first-order valence-electron chi connectivity index (χ1n) is 9.45. The molecule has 1 saturated heterocycles. The lowest BCUT2D eigenvalue weighted by molar-refractivity contribution is -0.121. The summed E-state index contributed by atoms with van der Waals surface area (Å²) in [4.78, 5) is 14.4. The summed E-state index contributed by atoms with van der Waals surface area (Å²) in [7, 11) is 0. The number of likely N-dealkylation sites (tertiary alicyclic amines) is 1. The van der Waals surface area contributed by atoms with Crippen LogP contribution in [-0.2, 0) is 11.2 Å². The average Bonchev–Trinajstić information content (AvgIpc) is 2.57. The number of aryl methyl sites for hydroxylation is 1. The van der Waals surface area contributed by atoms with Crippen molar-refractivity contribution in [3.8, 4) is 5.75 Å². The summed E-state index contributed by atoms with van der Waals surface area (Å²) in [6, 6.07) is 6.42. The molecule has 26 heavy (non-hydrogen) atoms. The van der Waals surface area contributed by atoms with Crippen molar-refractivity contribution in [2.24, 2.45) is 11.8 Å². The van der Waals surface area contributed by atoms with E-state index in [1.807, 2.05) is 0 Å². The second kappa shape index (κ2) is 10.5. The molecule has 1 aliphatic heterocycles. The molecule has 2 atom stereocenters. The SMILES string of the molecule is CC1CC(C)CN(CCCNC(=O)CCc2ccc(OC(F)F)cc2)C1. The Morgan fingerprint density at radius 1 is 1.23 bits per heavy atom. The maximum absolute atomic E-state index is 12.1. The lowest BCUT2D eigenvalue weighted by Crippen LogP contribution is -2.40. The summed E-state index contributed by atoms with van der Waals surface area (Å²) < 4.78 is 28.5. The first-order chi connectivity index (χ1) is 12.4. The Hall–Kier alpha value is -1.69. The van der Waals surface area contributed by atoms with Gasteiger partial charge in [0.1, 0.15) is 5.75 Å². The first kappa shape index (κ1) is 20.6. The highest BCUT2D eigenvalue weighted by atomic mass is 19.3. The van der Waals surface area contributed by atoms with Gasteiger partial charge < -0.3 is 15.0 Å². The third-order valence-electron chi connectivity index (χ3n) is 4.71. The number of carbonyl (C=O) groups is 1. The van der Waals surface area contributed by atoms with Crippen LogP contribution in [0.3, 0.4) is 0 Å². The standard InChI is InChI=1S/C20H30F2N2O2/c1-15-12-16(2)14-24(13-15)11-3-10-23-19(25)9-6-17-4-7-18(8-5-17)26-20(21)22/h4-5,7-8,15-16,20H,3,6,9-14H2,1-2H3,(H,23,25). The van der Waals surface area contributed by atoms with Gasteiger partial charge >= 0.3 is 6.61 Å². The lowest BCUT2D eigenvalue weighted by Gasteiger charge is -2.34. The van der Waals surface area contributed by atoms with Crippen LogP contribution in [0.2, 0.25) is 0 Å². The minimum atomic E-state index is -2.82. The zero-order valence-corrected chi connectivity index (χ0v) is 15.7. The van der Waals surface area contributed by atoms with Crippen LogP contribution in [0.15, 0.2) is 24.3 Å². The van der Waals surface area contributed by atoms with Crippen molar-refractivity contribution in [3.05, 3.63) is 29.8 Å². The van der Waals surface area contributed by atoms with Gasteiger partial charge in [0.05, 0.1) is 0 Å². The molecule has 4 nitrogen and oxygen atoms in total. The van der Waals surface area contributed by atoms with Crippen LogP contribution in [0.25, 0.3) is 0 Å². The summed E-state index contributed by atoms with van der Waals surface area (Å²) in [5.41, 5.74) is 0.929. The summed E-state index contributed by atoms with van der Waals surface area (Å²) >= 11 is 0. The number of carbonyl (C=O) groups excluding carboxylic acids is 1. The van der Waals surface area contributed by atoms with Crippen LogP contribution >= 0.6 is 0 Å². The number of nitrogens with zero attached hydrogens (tertiary/aromatic N) is 1. The van der Waals surface area contributed by atoms with Crippen molar-refractivity contribution in [1.82, 2.24) is 10.2 Å². The largest absolute Gasteiger partial charge is 0.435 e. The van der Waals surface area contributed by atoms with Crippen molar-refractivity contribution in [2.75, 3.05) is 26.2 Å². The predicted molar refractivity (Wildman–Crippen MR) is 98.4 cm³/mol. The summed E-state index contributed by atoms with van der Waals surface area (Å²) in [6.45, 7) is 5.82. The Kier molecular flexibility index (Phi) is 8.29. The zero-order chi connectivity index (χ0) is 18.9. The molecule has 0 bridgehead atoms. The third-order valence-corrected chi connectivity index (χ3v) is 4.71. The van der Waals surface area contributed by atoms with Crippen molar-refractivity contribution in [1.29, 1.82) is 0 Å². The molecule has 1 N–H and O–H groups in total. The lowest BCUT2D eigenvalue weighted by atomic mass is 9.92. The number of amides is 1. The fourth-order valence-corrected chi connectivity index (χ4v) is 3.69. The van der Waals surface area contributed by atoms with Gasteiger partial charge in [-0.2, -0.15) is 8.78 Å². The number of hydrogen-bond donors (Lipinski definition) is 1. The van der Waals surface area contributed by atoms with E-state index in [2.05, 4.69) is 28.8 Å². The molecule has 0 saturated carbocycles. The van der Waals surface area contributed by atoms with Gasteiger partial charge in [-0.25, -0.2) is 0 Å². The molecule has 1 amide bonds. The van der Waals surface area contributed by atoms with Crippen molar-refractivity contribution in [3.63, 3.8) is 0 Å². The molecule has 0 radical (unpaired) electrons. The third kappa shape index (κ3) is 7.68. The molecule has 0 aromatic heterocycles. The molecule has 0 spiro atoms. The molecule has 1 aromatic carbocycles. The molecule has 1 fully saturated rings. The topological polar surface area (TPSA) is 41.6 Å². The number of rotatable bonds is 9. The molecule has 1 heterocycles. The van der Waals surface area contributed by atoms with E-state index in [1.165, 1.54) is 18.6 Å². The van der Waals surface area contributed by atoms with E-state index in [1.54, 1.807) is 12.1 Å². The Bertz CT molecular complexity index is 541. The molecule has 0 aliphatic carbocycles. The number of alkyl halides is 2. The number of nitrogens with one attached hydrogen (secondary N) is 1. The van der Waals surface area contributed by atoms with Crippen molar-refractivity contribution < 1.29 is 18.3 Å². The minimum absolute atomic E-state index is 0.0262. The van der Waals surface area contributed by atoms with E-state index in [4.69, 9.17) is 0 Å². The van der Waals surface area contributed by atoms with Crippen LogP contribution < -0.4 is 10.1 Å². The molecule has 146 valence electrons. The second-order valence-corrected chi connectivity index (χ2v) is 7.43. The van der Waals surface area contributed by atoms with E-state index >= 15 is 0 Å². The highest BCUT2D eigenvalue weighted by molar-refractivity contribution is 5.76. The fourth-order valence-electron chi connectivity index (χ4n) is 3.69. The van der Waals surface area contributed by atoms with E-state index in [-0.39, 0.29) is 11.7 Å². The van der Waals surface area contributed by atoms with Crippen LogP contribution in [-0.4, -0.2) is 43.6 Å². The quantitative estimate of drug-likeness (QED) is 0.676. The Balaban J connectivity index is 1.59. The monoisotopic (exact) mass is 368 g/mol. The van der Waals surface area contributed by atoms with E-state index in [9.17, 15) is 13.6 Å². The molecule has 1 aromatic rings. The van der Waals surface area contributed by atoms with Gasteiger partial charge in [-0.3, -0.25) is 4.79 Å². The number of hydrogen-bond acceptors (Lipinski definition) is 3. The van der Waals surface area contributed by atoms with Gasteiger partial charge in [0, 0.05) is 26.1 Å². The smallest absolute Gasteiger partial charge is 0.387 e.